The van der Waals surface area contributed by atoms with Crippen LogP contribution in [0.25, 0.3) is 0 Å². The summed E-state index contributed by atoms with van der Waals surface area (Å²) in [6, 6.07) is 5.63. The van der Waals surface area contributed by atoms with Gasteiger partial charge in [-0.3, -0.25) is 5.01 Å². The van der Waals surface area contributed by atoms with E-state index in [0.29, 0.717) is 6.54 Å². The van der Waals surface area contributed by atoms with Crippen molar-refractivity contribution in [2.75, 3.05) is 22.7 Å². The Labute approximate surface area is 76.7 Å². The molecular formula is C9H10N4. The molecule has 13 heavy (non-hydrogen) atoms. The minimum Gasteiger partial charge on any atom is -0.399 e. The van der Waals surface area contributed by atoms with Gasteiger partial charge in [-0.25, -0.2) is 0 Å². The van der Waals surface area contributed by atoms with E-state index >= 15 is 0 Å². The van der Waals surface area contributed by atoms with Gasteiger partial charge in [-0.2, -0.15) is 0 Å². The lowest BCUT2D eigenvalue weighted by atomic mass is 10.2. The fourth-order valence-electron chi connectivity index (χ4n) is 1.28. The molecule has 0 unspecified atom stereocenters. The van der Waals surface area contributed by atoms with E-state index < -0.39 is 0 Å². The van der Waals surface area contributed by atoms with Gasteiger partial charge >= 0.3 is 0 Å². The lowest BCUT2D eigenvalue weighted by Crippen LogP contribution is -2.36. The van der Waals surface area contributed by atoms with Gasteiger partial charge in [0.05, 0.1) is 17.9 Å². The number of nitrogens with two attached hydrogens (primary N) is 1. The fraction of sp³-hybridized carbons (Fsp3) is 0.111. The normalized spacial score (nSPS) is 13.3. The first-order chi connectivity index (χ1) is 6.31. The van der Waals surface area contributed by atoms with Gasteiger partial charge in [0.2, 0.25) is 0 Å². The van der Waals surface area contributed by atoms with Crippen molar-refractivity contribution < 1.29 is 0 Å². The average Bonchev–Trinajstić information content (AvgIpc) is 2.49. The molecule has 1 heterocycles. The Morgan fingerprint density at radius 1 is 1.54 bits per heavy atom. The van der Waals surface area contributed by atoms with E-state index in [9.17, 15) is 0 Å². The van der Waals surface area contributed by atoms with Crippen LogP contribution in [0.15, 0.2) is 18.2 Å². The van der Waals surface area contributed by atoms with Crippen LogP contribution in [0, 0.1) is 12.3 Å². The number of hydrazine groups is 2. The summed E-state index contributed by atoms with van der Waals surface area (Å²) in [6.07, 6.45) is 5.21. The molecule has 0 saturated carbocycles. The standard InChI is InChI=1S/C9H10N4/c1-2-5-13-9-6-7(10)3-4-8(9)11-12-13/h1,3-4,6,11-12H,5,10H2. The van der Waals surface area contributed by atoms with Gasteiger partial charge in [0, 0.05) is 5.69 Å². The fourth-order valence-corrected chi connectivity index (χ4v) is 1.28. The number of hydrogen-bond donors (Lipinski definition) is 3. The van der Waals surface area contributed by atoms with E-state index in [2.05, 4.69) is 16.9 Å². The zero-order chi connectivity index (χ0) is 9.26. The van der Waals surface area contributed by atoms with Crippen molar-refractivity contribution in [1.29, 1.82) is 0 Å². The number of anilines is 3. The van der Waals surface area contributed by atoms with Crippen molar-refractivity contribution in [3.05, 3.63) is 18.2 Å². The molecule has 2 rings (SSSR count). The molecular weight excluding hydrogens is 164 g/mol. The van der Waals surface area contributed by atoms with Crippen LogP contribution in [0.2, 0.25) is 0 Å². The Morgan fingerprint density at radius 3 is 3.15 bits per heavy atom. The number of hydrogen-bond acceptors (Lipinski definition) is 4. The van der Waals surface area contributed by atoms with Gasteiger partial charge in [0.25, 0.3) is 0 Å². The van der Waals surface area contributed by atoms with Crippen molar-refractivity contribution >= 4 is 17.1 Å². The van der Waals surface area contributed by atoms with Gasteiger partial charge in [0.1, 0.15) is 0 Å². The average molecular weight is 174 g/mol. The summed E-state index contributed by atoms with van der Waals surface area (Å²) in [7, 11) is 0. The zero-order valence-corrected chi connectivity index (χ0v) is 7.04. The van der Waals surface area contributed by atoms with Crippen LogP contribution in [0.3, 0.4) is 0 Å². The molecule has 0 radical (unpaired) electrons. The van der Waals surface area contributed by atoms with Crippen LogP contribution < -0.4 is 21.7 Å². The molecule has 0 amide bonds. The van der Waals surface area contributed by atoms with Gasteiger partial charge in [-0.05, 0) is 18.2 Å². The maximum atomic E-state index is 5.66. The molecule has 4 nitrogen and oxygen atoms in total. The van der Waals surface area contributed by atoms with Crippen molar-refractivity contribution in [3.8, 4) is 12.3 Å². The van der Waals surface area contributed by atoms with Gasteiger partial charge in [0.15, 0.2) is 0 Å². The number of nitrogen functional groups attached to an aromatic ring is 1. The predicted octanol–water partition coefficient (Wildman–Crippen LogP) is 0.553. The Kier molecular flexibility index (Phi) is 1.72. The number of benzene rings is 1. The Morgan fingerprint density at radius 2 is 2.38 bits per heavy atom. The minimum atomic E-state index is 0.503. The third-order valence-electron chi connectivity index (χ3n) is 1.89. The Hall–Kier alpha value is -1.86. The Bertz CT molecular complexity index is 366. The monoisotopic (exact) mass is 174 g/mol. The summed E-state index contributed by atoms with van der Waals surface area (Å²) in [5, 5.41) is 1.83. The first-order valence-electron chi connectivity index (χ1n) is 3.93. The smallest absolute Gasteiger partial charge is 0.0968 e. The molecule has 1 aromatic rings. The molecule has 1 aliphatic heterocycles. The zero-order valence-electron chi connectivity index (χ0n) is 7.04. The van der Waals surface area contributed by atoms with Crippen LogP contribution in [0.1, 0.15) is 0 Å². The number of nitrogens with one attached hydrogen (secondary N) is 2. The highest BCUT2D eigenvalue weighted by Crippen LogP contribution is 2.30. The highest BCUT2D eigenvalue weighted by molar-refractivity contribution is 5.76. The second kappa shape index (κ2) is 2.88. The first kappa shape index (κ1) is 7.77. The van der Waals surface area contributed by atoms with Gasteiger partial charge < -0.3 is 11.2 Å². The lowest BCUT2D eigenvalue weighted by molar-refractivity contribution is 0.786. The quantitative estimate of drug-likeness (QED) is 0.430. The van der Waals surface area contributed by atoms with Crippen molar-refractivity contribution in [2.45, 2.75) is 0 Å². The molecule has 0 atom stereocenters. The summed E-state index contributed by atoms with van der Waals surface area (Å²) >= 11 is 0. The maximum absolute atomic E-state index is 5.66. The topological polar surface area (TPSA) is 53.3 Å². The van der Waals surface area contributed by atoms with Gasteiger partial charge in [-0.1, -0.05) is 5.92 Å². The molecule has 0 aliphatic carbocycles. The van der Waals surface area contributed by atoms with Crippen LogP contribution in [-0.4, -0.2) is 6.54 Å². The third kappa shape index (κ3) is 1.25. The maximum Gasteiger partial charge on any atom is 0.0968 e. The van der Waals surface area contributed by atoms with E-state index in [-0.39, 0.29) is 0 Å². The molecule has 4 heteroatoms. The van der Waals surface area contributed by atoms with Crippen LogP contribution >= 0.6 is 0 Å². The Balaban J connectivity index is 2.36. The largest absolute Gasteiger partial charge is 0.399 e. The molecule has 0 aromatic heterocycles. The number of rotatable bonds is 1. The second-order valence-electron chi connectivity index (χ2n) is 2.80. The van der Waals surface area contributed by atoms with E-state index in [4.69, 9.17) is 12.2 Å². The summed E-state index contributed by atoms with van der Waals surface area (Å²) in [5.74, 6) is 2.55. The predicted molar refractivity (Wildman–Crippen MR) is 53.8 cm³/mol. The van der Waals surface area contributed by atoms with Crippen LogP contribution in [0.4, 0.5) is 17.1 Å². The molecule has 0 fully saturated rings. The molecule has 1 aliphatic rings. The van der Waals surface area contributed by atoms with Crippen molar-refractivity contribution in [2.24, 2.45) is 0 Å². The molecule has 4 N–H and O–H groups in total. The van der Waals surface area contributed by atoms with Crippen molar-refractivity contribution in [3.63, 3.8) is 0 Å². The lowest BCUT2D eigenvalue weighted by Gasteiger charge is -2.13. The molecule has 0 saturated heterocycles. The second-order valence-corrected chi connectivity index (χ2v) is 2.80. The van der Waals surface area contributed by atoms with E-state index in [1.165, 1.54) is 0 Å². The SMILES string of the molecule is C#CCN1NNc2ccc(N)cc21. The molecule has 1 aromatic carbocycles. The number of nitrogens with zero attached hydrogens (tertiary/aromatic N) is 1. The first-order valence-corrected chi connectivity index (χ1v) is 3.93. The van der Waals surface area contributed by atoms with Crippen LogP contribution in [0.5, 0.6) is 0 Å². The van der Waals surface area contributed by atoms with Crippen LogP contribution in [-0.2, 0) is 0 Å². The van der Waals surface area contributed by atoms with Crippen molar-refractivity contribution in [1.82, 2.24) is 5.53 Å². The number of terminal acetylenes is 1. The van der Waals surface area contributed by atoms with E-state index in [0.717, 1.165) is 17.1 Å². The molecule has 66 valence electrons. The summed E-state index contributed by atoms with van der Waals surface area (Å²) < 4.78 is 0. The molecule has 0 spiro atoms. The van der Waals surface area contributed by atoms with Gasteiger partial charge in [-0.15, -0.1) is 12.0 Å². The minimum absolute atomic E-state index is 0.503. The third-order valence-corrected chi connectivity index (χ3v) is 1.89. The van der Waals surface area contributed by atoms with E-state index in [1.807, 2.05) is 23.2 Å². The van der Waals surface area contributed by atoms with E-state index in [1.54, 1.807) is 0 Å². The summed E-state index contributed by atoms with van der Waals surface area (Å²) in [6.45, 7) is 0.503. The highest BCUT2D eigenvalue weighted by atomic mass is 15.7. The number of fused-ring (bicyclic) bond motifs is 1. The molecule has 0 bridgehead atoms. The highest BCUT2D eigenvalue weighted by Gasteiger charge is 2.16. The summed E-state index contributed by atoms with van der Waals surface area (Å²) in [4.78, 5) is 0. The summed E-state index contributed by atoms with van der Waals surface area (Å²) in [5.41, 5.74) is 14.3.